The molecule has 6 heteroatoms. The van der Waals surface area contributed by atoms with Gasteiger partial charge in [-0.3, -0.25) is 0 Å². The summed E-state index contributed by atoms with van der Waals surface area (Å²) < 4.78 is 27.2. The molecule has 2 aliphatic rings. The summed E-state index contributed by atoms with van der Waals surface area (Å²) in [5.74, 6) is 0.552. The predicted octanol–water partition coefficient (Wildman–Crippen LogP) is -0.00390. The molecule has 2 fully saturated rings. The van der Waals surface area contributed by atoms with Crippen molar-refractivity contribution in [2.75, 3.05) is 26.2 Å². The molecule has 0 aromatic heterocycles. The molecule has 0 atom stereocenters. The van der Waals surface area contributed by atoms with Crippen LogP contribution in [0.25, 0.3) is 0 Å². The zero-order valence-corrected chi connectivity index (χ0v) is 10.8. The molecular formula is C10H21N3O2S. The Kier molecular flexibility index (Phi) is 3.03. The van der Waals surface area contributed by atoms with Gasteiger partial charge in [0.2, 0.25) is 0 Å². The van der Waals surface area contributed by atoms with Crippen molar-refractivity contribution in [1.29, 1.82) is 0 Å². The molecule has 1 saturated heterocycles. The molecule has 16 heavy (non-hydrogen) atoms. The van der Waals surface area contributed by atoms with E-state index in [0.29, 0.717) is 32.1 Å². The van der Waals surface area contributed by atoms with Gasteiger partial charge in [0.25, 0.3) is 10.2 Å². The summed E-state index contributed by atoms with van der Waals surface area (Å²) in [6, 6.07) is 0. The minimum Gasteiger partial charge on any atom is -0.323 e. The smallest absolute Gasteiger partial charge is 0.282 e. The predicted molar refractivity (Wildman–Crippen MR) is 63.1 cm³/mol. The Morgan fingerprint density at radius 3 is 2.19 bits per heavy atom. The van der Waals surface area contributed by atoms with Gasteiger partial charge in [0.05, 0.1) is 0 Å². The largest absolute Gasteiger partial charge is 0.323 e. The third-order valence-corrected chi connectivity index (χ3v) is 5.77. The lowest BCUT2D eigenvalue weighted by molar-refractivity contribution is 0.126. The highest BCUT2D eigenvalue weighted by Crippen LogP contribution is 2.43. The first kappa shape index (κ1) is 12.3. The van der Waals surface area contributed by atoms with Crippen LogP contribution in [0.3, 0.4) is 0 Å². The fourth-order valence-electron chi connectivity index (χ4n) is 2.40. The van der Waals surface area contributed by atoms with Crippen molar-refractivity contribution in [3.05, 3.63) is 0 Å². The van der Waals surface area contributed by atoms with Crippen LogP contribution in [0, 0.1) is 5.92 Å². The van der Waals surface area contributed by atoms with Gasteiger partial charge in [-0.15, -0.1) is 0 Å². The van der Waals surface area contributed by atoms with Gasteiger partial charge < -0.3 is 5.73 Å². The van der Waals surface area contributed by atoms with Crippen molar-refractivity contribution in [2.45, 2.75) is 32.2 Å². The van der Waals surface area contributed by atoms with E-state index in [9.17, 15) is 8.42 Å². The van der Waals surface area contributed by atoms with E-state index < -0.39 is 10.2 Å². The number of rotatable bonds is 5. The summed E-state index contributed by atoms with van der Waals surface area (Å²) in [6.45, 7) is 5.76. The van der Waals surface area contributed by atoms with Crippen molar-refractivity contribution in [3.63, 3.8) is 0 Å². The number of hydrogen-bond acceptors (Lipinski definition) is 3. The van der Waals surface area contributed by atoms with Crippen LogP contribution in [0.4, 0.5) is 0 Å². The fraction of sp³-hybridized carbons (Fsp3) is 1.00. The molecule has 1 aliphatic carbocycles. The maximum Gasteiger partial charge on any atom is 0.282 e. The molecule has 0 aromatic rings. The van der Waals surface area contributed by atoms with E-state index >= 15 is 0 Å². The zero-order chi connectivity index (χ0) is 12.0. The van der Waals surface area contributed by atoms with Gasteiger partial charge in [0.1, 0.15) is 0 Å². The summed E-state index contributed by atoms with van der Waals surface area (Å²) in [7, 11) is -3.25. The first-order valence-corrected chi connectivity index (χ1v) is 7.38. The van der Waals surface area contributed by atoms with Gasteiger partial charge >= 0.3 is 0 Å². The van der Waals surface area contributed by atoms with E-state index in [-0.39, 0.29) is 5.54 Å². The molecule has 1 aliphatic heterocycles. The highest BCUT2D eigenvalue weighted by molar-refractivity contribution is 7.86. The number of hydrogen-bond donors (Lipinski definition) is 1. The van der Waals surface area contributed by atoms with Gasteiger partial charge in [-0.2, -0.15) is 17.0 Å². The van der Waals surface area contributed by atoms with Crippen molar-refractivity contribution in [1.82, 2.24) is 8.61 Å². The van der Waals surface area contributed by atoms with E-state index in [1.54, 1.807) is 0 Å². The average Bonchev–Trinajstić information content (AvgIpc) is 2.97. The third kappa shape index (κ3) is 1.88. The Morgan fingerprint density at radius 1 is 1.31 bits per heavy atom. The summed E-state index contributed by atoms with van der Waals surface area (Å²) >= 11 is 0. The SMILES string of the molecule is CCN(CC)S(=O)(=O)N1CC(N)(C2CC2)C1. The van der Waals surface area contributed by atoms with Gasteiger partial charge in [-0.25, -0.2) is 0 Å². The quantitative estimate of drug-likeness (QED) is 0.743. The number of nitrogens with two attached hydrogens (primary N) is 1. The Hall–Kier alpha value is -0.170. The minimum atomic E-state index is -3.25. The van der Waals surface area contributed by atoms with E-state index in [1.165, 1.54) is 8.61 Å². The maximum absolute atomic E-state index is 12.1. The molecule has 2 rings (SSSR count). The Balaban J connectivity index is 2.00. The lowest BCUT2D eigenvalue weighted by Crippen LogP contribution is -2.71. The van der Waals surface area contributed by atoms with E-state index in [1.807, 2.05) is 13.8 Å². The van der Waals surface area contributed by atoms with Crippen LogP contribution in [0.15, 0.2) is 0 Å². The fourth-order valence-corrected chi connectivity index (χ4v) is 4.19. The van der Waals surface area contributed by atoms with Crippen LogP contribution in [0.1, 0.15) is 26.7 Å². The second kappa shape index (κ2) is 3.94. The zero-order valence-electron chi connectivity index (χ0n) is 10.0. The van der Waals surface area contributed by atoms with Gasteiger partial charge in [0, 0.05) is 31.7 Å². The van der Waals surface area contributed by atoms with Crippen molar-refractivity contribution in [3.8, 4) is 0 Å². The molecule has 0 amide bonds. The Labute approximate surface area is 97.8 Å². The van der Waals surface area contributed by atoms with Crippen LogP contribution in [0.2, 0.25) is 0 Å². The first-order chi connectivity index (χ1) is 7.44. The van der Waals surface area contributed by atoms with Crippen LogP contribution < -0.4 is 5.73 Å². The molecule has 5 nitrogen and oxygen atoms in total. The summed E-state index contributed by atoms with van der Waals surface area (Å²) in [5, 5.41) is 0. The Bertz CT molecular complexity index is 354. The van der Waals surface area contributed by atoms with Crippen LogP contribution in [-0.4, -0.2) is 48.7 Å². The molecule has 2 N–H and O–H groups in total. The van der Waals surface area contributed by atoms with Gasteiger partial charge in [0.15, 0.2) is 0 Å². The molecule has 0 unspecified atom stereocenters. The Morgan fingerprint density at radius 2 is 1.81 bits per heavy atom. The van der Waals surface area contributed by atoms with Gasteiger partial charge in [-0.1, -0.05) is 13.8 Å². The van der Waals surface area contributed by atoms with Crippen molar-refractivity contribution < 1.29 is 8.42 Å². The molecule has 0 radical (unpaired) electrons. The highest BCUT2D eigenvalue weighted by Gasteiger charge is 2.54. The third-order valence-electron chi connectivity index (χ3n) is 3.69. The minimum absolute atomic E-state index is 0.236. The number of nitrogens with zero attached hydrogens (tertiary/aromatic N) is 2. The molecular weight excluding hydrogens is 226 g/mol. The second-order valence-corrected chi connectivity index (χ2v) is 6.80. The molecule has 94 valence electrons. The summed E-state index contributed by atoms with van der Waals surface area (Å²) in [6.07, 6.45) is 2.32. The van der Waals surface area contributed by atoms with Crippen molar-refractivity contribution >= 4 is 10.2 Å². The molecule has 0 aromatic carbocycles. The second-order valence-electron chi connectivity index (χ2n) is 4.87. The van der Waals surface area contributed by atoms with Crippen LogP contribution >= 0.6 is 0 Å². The van der Waals surface area contributed by atoms with E-state index in [0.717, 1.165) is 12.8 Å². The monoisotopic (exact) mass is 247 g/mol. The first-order valence-electron chi connectivity index (χ1n) is 5.98. The van der Waals surface area contributed by atoms with Crippen LogP contribution in [-0.2, 0) is 10.2 Å². The molecule has 0 spiro atoms. The summed E-state index contributed by atoms with van der Waals surface area (Å²) in [5.41, 5.74) is 5.92. The van der Waals surface area contributed by atoms with E-state index in [4.69, 9.17) is 5.73 Å². The normalized spacial score (nSPS) is 25.8. The molecule has 1 saturated carbocycles. The van der Waals surface area contributed by atoms with Crippen molar-refractivity contribution in [2.24, 2.45) is 11.7 Å². The van der Waals surface area contributed by atoms with Gasteiger partial charge in [-0.05, 0) is 18.8 Å². The lowest BCUT2D eigenvalue weighted by atomic mass is 9.88. The van der Waals surface area contributed by atoms with Crippen LogP contribution in [0.5, 0.6) is 0 Å². The lowest BCUT2D eigenvalue weighted by Gasteiger charge is -2.48. The summed E-state index contributed by atoms with van der Waals surface area (Å²) in [4.78, 5) is 0. The molecule has 1 heterocycles. The average molecular weight is 247 g/mol. The maximum atomic E-state index is 12.1. The molecule has 0 bridgehead atoms. The topological polar surface area (TPSA) is 66.6 Å². The highest BCUT2D eigenvalue weighted by atomic mass is 32.2. The standard InChI is InChI=1S/C10H21N3O2S/c1-3-12(4-2)16(14,15)13-7-10(11,8-13)9-5-6-9/h9H,3-8,11H2,1-2H3. The van der Waals surface area contributed by atoms with E-state index in [2.05, 4.69) is 0 Å².